The van der Waals surface area contributed by atoms with E-state index in [1.165, 1.54) is 25.6 Å². The largest absolute Gasteiger partial charge is 0.465 e. The van der Waals surface area contributed by atoms with Gasteiger partial charge in [0.25, 0.3) is 0 Å². The van der Waals surface area contributed by atoms with Crippen molar-refractivity contribution in [3.63, 3.8) is 0 Å². The van der Waals surface area contributed by atoms with Crippen molar-refractivity contribution >= 4 is 29.0 Å². The van der Waals surface area contributed by atoms with Gasteiger partial charge in [0.05, 0.1) is 18.4 Å². The van der Waals surface area contributed by atoms with Crippen LogP contribution in [0.5, 0.6) is 0 Å². The van der Waals surface area contributed by atoms with Gasteiger partial charge in [-0.3, -0.25) is 0 Å². The lowest BCUT2D eigenvalue weighted by Gasteiger charge is -2.23. The maximum atomic E-state index is 13.0. The molecular formula is C20H20FN5O2. The predicted octanol–water partition coefficient (Wildman–Crippen LogP) is 3.36. The molecule has 8 heteroatoms. The number of nitrogens with one attached hydrogen (secondary N) is 1. The Morgan fingerprint density at radius 1 is 1.18 bits per heavy atom. The summed E-state index contributed by atoms with van der Waals surface area (Å²) in [7, 11) is 3.08. The molecule has 0 saturated heterocycles. The van der Waals surface area contributed by atoms with Crippen molar-refractivity contribution in [2.75, 3.05) is 30.1 Å². The van der Waals surface area contributed by atoms with Crippen molar-refractivity contribution in [3.05, 3.63) is 71.8 Å². The van der Waals surface area contributed by atoms with E-state index in [1.807, 2.05) is 6.07 Å². The third kappa shape index (κ3) is 4.01. The van der Waals surface area contributed by atoms with Crippen LogP contribution in [0.1, 0.15) is 15.9 Å². The number of ether oxygens (including phenoxy) is 1. The summed E-state index contributed by atoms with van der Waals surface area (Å²) in [5.41, 5.74) is 8.46. The number of para-hydroxylation sites is 1. The molecule has 3 N–H and O–H groups in total. The number of carbonyl (C=O) groups is 1. The molecule has 0 amide bonds. The average molecular weight is 381 g/mol. The summed E-state index contributed by atoms with van der Waals surface area (Å²) in [6.07, 6.45) is 1.38. The van der Waals surface area contributed by atoms with Crippen molar-refractivity contribution < 1.29 is 13.9 Å². The number of methoxy groups -OCH3 is 1. The number of nitrogens with zero attached hydrogens (tertiary/aromatic N) is 3. The number of hydrogen-bond donors (Lipinski definition) is 2. The van der Waals surface area contributed by atoms with Gasteiger partial charge in [-0.2, -0.15) is 0 Å². The van der Waals surface area contributed by atoms with Crippen LogP contribution in [0.4, 0.5) is 27.4 Å². The number of rotatable bonds is 6. The molecule has 144 valence electrons. The number of hydrogen-bond acceptors (Lipinski definition) is 7. The van der Waals surface area contributed by atoms with Gasteiger partial charge >= 0.3 is 5.97 Å². The summed E-state index contributed by atoms with van der Waals surface area (Å²) in [5.74, 6) is 0.132. The lowest BCUT2D eigenvalue weighted by atomic mass is 10.1. The van der Waals surface area contributed by atoms with Crippen molar-refractivity contribution in [2.45, 2.75) is 6.54 Å². The molecule has 2 aromatic carbocycles. The van der Waals surface area contributed by atoms with E-state index in [2.05, 4.69) is 15.3 Å². The first-order valence-electron chi connectivity index (χ1n) is 8.51. The number of carbonyl (C=O) groups excluding carboxylic acids is 1. The first-order valence-corrected chi connectivity index (χ1v) is 8.51. The van der Waals surface area contributed by atoms with Crippen LogP contribution < -0.4 is 16.0 Å². The monoisotopic (exact) mass is 381 g/mol. The van der Waals surface area contributed by atoms with Crippen LogP contribution in [0.2, 0.25) is 0 Å². The first-order chi connectivity index (χ1) is 13.5. The summed E-state index contributed by atoms with van der Waals surface area (Å²) in [6.45, 7) is 0.420. The Kier molecular flexibility index (Phi) is 5.69. The maximum absolute atomic E-state index is 13.0. The lowest BCUT2D eigenvalue weighted by Crippen LogP contribution is -2.18. The van der Waals surface area contributed by atoms with Crippen LogP contribution in [-0.2, 0) is 11.3 Å². The molecule has 0 aliphatic rings. The fraction of sp³-hybridized carbons (Fsp3) is 0.150. The zero-order valence-electron chi connectivity index (χ0n) is 15.5. The van der Waals surface area contributed by atoms with Gasteiger partial charge in [-0.25, -0.2) is 19.2 Å². The highest BCUT2D eigenvalue weighted by Crippen LogP contribution is 2.32. The SMILES string of the molecule is COC(=O)c1ccccc1N(C)c1ncnc(NCc2ccc(F)cc2)c1N. The second-order valence-corrected chi connectivity index (χ2v) is 6.01. The number of nitrogen functional groups attached to an aromatic ring is 1. The molecule has 7 nitrogen and oxygen atoms in total. The van der Waals surface area contributed by atoms with Gasteiger partial charge < -0.3 is 20.7 Å². The Bertz CT molecular complexity index is 979. The molecule has 0 atom stereocenters. The second-order valence-electron chi connectivity index (χ2n) is 6.01. The Balaban J connectivity index is 1.86. The lowest BCUT2D eigenvalue weighted by molar-refractivity contribution is 0.0601. The zero-order valence-corrected chi connectivity index (χ0v) is 15.5. The van der Waals surface area contributed by atoms with E-state index in [0.29, 0.717) is 35.1 Å². The highest BCUT2D eigenvalue weighted by Gasteiger charge is 2.19. The van der Waals surface area contributed by atoms with Crippen molar-refractivity contribution in [2.24, 2.45) is 0 Å². The normalized spacial score (nSPS) is 10.4. The summed E-state index contributed by atoms with van der Waals surface area (Å²) in [5, 5.41) is 3.13. The van der Waals surface area contributed by atoms with Crippen molar-refractivity contribution in [1.82, 2.24) is 9.97 Å². The van der Waals surface area contributed by atoms with Gasteiger partial charge in [0, 0.05) is 13.6 Å². The van der Waals surface area contributed by atoms with E-state index in [0.717, 1.165) is 5.56 Å². The van der Waals surface area contributed by atoms with Gasteiger partial charge in [0.1, 0.15) is 17.8 Å². The number of benzene rings is 2. The molecule has 28 heavy (non-hydrogen) atoms. The third-order valence-corrected chi connectivity index (χ3v) is 4.22. The zero-order chi connectivity index (χ0) is 20.1. The Labute approximate surface area is 162 Å². The number of anilines is 4. The molecule has 3 aromatic rings. The Morgan fingerprint density at radius 2 is 1.89 bits per heavy atom. The standard InChI is InChI=1S/C20H20FN5O2/c1-26(16-6-4-3-5-15(16)20(27)28-2)19-17(22)18(24-12-25-19)23-11-13-7-9-14(21)10-8-13/h3-10,12H,11,22H2,1-2H3,(H,23,24,25). The average Bonchev–Trinajstić information content (AvgIpc) is 2.73. The van der Waals surface area contributed by atoms with Gasteiger partial charge in [0.2, 0.25) is 0 Å². The minimum absolute atomic E-state index is 0.293. The van der Waals surface area contributed by atoms with E-state index >= 15 is 0 Å². The molecule has 0 unspecified atom stereocenters. The van der Waals surface area contributed by atoms with Crippen LogP contribution in [-0.4, -0.2) is 30.1 Å². The van der Waals surface area contributed by atoms with Crippen LogP contribution in [0, 0.1) is 5.82 Å². The topological polar surface area (TPSA) is 93.4 Å². The number of halogens is 1. The molecule has 0 radical (unpaired) electrons. The number of aromatic nitrogens is 2. The molecule has 0 bridgehead atoms. The van der Waals surface area contributed by atoms with Gasteiger partial charge in [-0.15, -0.1) is 0 Å². The molecule has 0 fully saturated rings. The summed E-state index contributed by atoms with van der Waals surface area (Å²) >= 11 is 0. The predicted molar refractivity (Wildman–Crippen MR) is 106 cm³/mol. The Hall–Kier alpha value is -3.68. The highest BCUT2D eigenvalue weighted by molar-refractivity contribution is 5.97. The maximum Gasteiger partial charge on any atom is 0.339 e. The smallest absolute Gasteiger partial charge is 0.339 e. The van der Waals surface area contributed by atoms with Crippen LogP contribution in [0.15, 0.2) is 54.9 Å². The molecule has 3 rings (SSSR count). The summed E-state index contributed by atoms with van der Waals surface area (Å²) < 4.78 is 17.9. The molecule has 0 spiro atoms. The van der Waals surface area contributed by atoms with E-state index < -0.39 is 5.97 Å². The molecule has 1 heterocycles. The van der Waals surface area contributed by atoms with Crippen molar-refractivity contribution in [3.8, 4) is 0 Å². The van der Waals surface area contributed by atoms with E-state index in [4.69, 9.17) is 10.5 Å². The van der Waals surface area contributed by atoms with E-state index in [9.17, 15) is 9.18 Å². The minimum Gasteiger partial charge on any atom is -0.465 e. The quantitative estimate of drug-likeness (QED) is 0.632. The molecule has 1 aromatic heterocycles. The fourth-order valence-corrected chi connectivity index (χ4v) is 2.75. The van der Waals surface area contributed by atoms with Gasteiger partial charge in [-0.1, -0.05) is 24.3 Å². The van der Waals surface area contributed by atoms with E-state index in [1.54, 1.807) is 42.3 Å². The fourth-order valence-electron chi connectivity index (χ4n) is 2.75. The number of esters is 1. The third-order valence-electron chi connectivity index (χ3n) is 4.22. The molecule has 0 aliphatic heterocycles. The molecule has 0 aliphatic carbocycles. The Morgan fingerprint density at radius 3 is 2.61 bits per heavy atom. The van der Waals surface area contributed by atoms with Crippen molar-refractivity contribution in [1.29, 1.82) is 0 Å². The van der Waals surface area contributed by atoms with Crippen LogP contribution in [0.25, 0.3) is 0 Å². The van der Waals surface area contributed by atoms with Gasteiger partial charge in [-0.05, 0) is 29.8 Å². The summed E-state index contributed by atoms with van der Waals surface area (Å²) in [6, 6.07) is 13.2. The molecule has 0 saturated carbocycles. The van der Waals surface area contributed by atoms with Crippen LogP contribution in [0.3, 0.4) is 0 Å². The van der Waals surface area contributed by atoms with Gasteiger partial charge in [0.15, 0.2) is 11.6 Å². The minimum atomic E-state index is -0.454. The van der Waals surface area contributed by atoms with E-state index in [-0.39, 0.29) is 5.82 Å². The summed E-state index contributed by atoms with van der Waals surface area (Å²) in [4.78, 5) is 22.2. The highest BCUT2D eigenvalue weighted by atomic mass is 19.1. The first kappa shape index (κ1) is 19.1. The second kappa shape index (κ2) is 8.34. The molecular weight excluding hydrogens is 361 g/mol. The van der Waals surface area contributed by atoms with Crippen LogP contribution >= 0.6 is 0 Å². The number of nitrogens with two attached hydrogens (primary N) is 1.